The van der Waals surface area contributed by atoms with Crippen LogP contribution in [0, 0.1) is 0 Å². The molecule has 1 aliphatic heterocycles. The van der Waals surface area contributed by atoms with Gasteiger partial charge >= 0.3 is 0 Å². The van der Waals surface area contributed by atoms with E-state index in [1.807, 2.05) is 54.6 Å². The zero-order valence-corrected chi connectivity index (χ0v) is 17.8. The number of hydrogen-bond acceptors (Lipinski definition) is 4. The summed E-state index contributed by atoms with van der Waals surface area (Å²) in [4.78, 5) is 24.4. The van der Waals surface area contributed by atoms with Gasteiger partial charge < -0.3 is 20.1 Å². The molecule has 1 heterocycles. The fourth-order valence-electron chi connectivity index (χ4n) is 3.54. The van der Waals surface area contributed by atoms with Gasteiger partial charge in [0.1, 0.15) is 5.75 Å². The van der Waals surface area contributed by atoms with Gasteiger partial charge in [-0.3, -0.25) is 9.59 Å². The molecule has 1 unspecified atom stereocenters. The molecule has 1 atom stereocenters. The largest absolute Gasteiger partial charge is 0.484 e. The first-order valence-corrected chi connectivity index (χ1v) is 10.8. The molecule has 164 valence electrons. The van der Waals surface area contributed by atoms with Gasteiger partial charge in [0, 0.05) is 24.4 Å². The van der Waals surface area contributed by atoms with Crippen LogP contribution in [-0.2, 0) is 9.53 Å². The van der Waals surface area contributed by atoms with Crippen molar-refractivity contribution in [1.82, 2.24) is 5.32 Å². The number of amides is 2. The van der Waals surface area contributed by atoms with E-state index in [-0.39, 0.29) is 24.5 Å². The molecule has 6 heteroatoms. The topological polar surface area (TPSA) is 76.7 Å². The zero-order valence-electron chi connectivity index (χ0n) is 17.8. The van der Waals surface area contributed by atoms with Crippen LogP contribution in [-0.4, -0.2) is 37.7 Å². The SMILES string of the molecule is O=C(COc1ccc(-c2ccccc2)cc1)Nc1ccc(C(=O)NCC2CCCO2)cc1. The van der Waals surface area contributed by atoms with Crippen molar-refractivity contribution in [2.45, 2.75) is 18.9 Å². The van der Waals surface area contributed by atoms with E-state index in [2.05, 4.69) is 10.6 Å². The molecule has 32 heavy (non-hydrogen) atoms. The smallest absolute Gasteiger partial charge is 0.262 e. The highest BCUT2D eigenvalue weighted by atomic mass is 16.5. The number of nitrogens with one attached hydrogen (secondary N) is 2. The highest BCUT2D eigenvalue weighted by Crippen LogP contribution is 2.22. The number of carbonyl (C=O) groups is 2. The lowest BCUT2D eigenvalue weighted by Gasteiger charge is -2.11. The molecule has 1 fully saturated rings. The van der Waals surface area contributed by atoms with E-state index in [9.17, 15) is 9.59 Å². The lowest BCUT2D eigenvalue weighted by atomic mass is 10.1. The highest BCUT2D eigenvalue weighted by molar-refractivity contribution is 5.96. The van der Waals surface area contributed by atoms with Crippen molar-refractivity contribution in [1.29, 1.82) is 0 Å². The minimum Gasteiger partial charge on any atom is -0.484 e. The molecule has 0 spiro atoms. The molecule has 2 amide bonds. The molecule has 0 saturated carbocycles. The molecular weight excluding hydrogens is 404 g/mol. The minimum atomic E-state index is -0.271. The van der Waals surface area contributed by atoms with Gasteiger partial charge in [0.15, 0.2) is 6.61 Å². The first-order valence-electron chi connectivity index (χ1n) is 10.8. The van der Waals surface area contributed by atoms with Gasteiger partial charge in [-0.15, -0.1) is 0 Å². The summed E-state index contributed by atoms with van der Waals surface area (Å²) in [5, 5.41) is 5.66. The molecule has 6 nitrogen and oxygen atoms in total. The van der Waals surface area contributed by atoms with Crippen LogP contribution in [0.4, 0.5) is 5.69 Å². The molecule has 3 aromatic carbocycles. The third-order valence-corrected chi connectivity index (χ3v) is 5.28. The van der Waals surface area contributed by atoms with Gasteiger partial charge in [0.25, 0.3) is 11.8 Å². The predicted octanol–water partition coefficient (Wildman–Crippen LogP) is 4.28. The summed E-state index contributed by atoms with van der Waals surface area (Å²) in [6.45, 7) is 1.17. The summed E-state index contributed by atoms with van der Waals surface area (Å²) < 4.78 is 11.1. The van der Waals surface area contributed by atoms with Crippen molar-refractivity contribution in [3.05, 3.63) is 84.4 Å². The van der Waals surface area contributed by atoms with Gasteiger partial charge in [0.05, 0.1) is 6.10 Å². The first kappa shape index (κ1) is 21.6. The van der Waals surface area contributed by atoms with Crippen LogP contribution in [0.25, 0.3) is 11.1 Å². The summed E-state index contributed by atoms with van der Waals surface area (Å²) >= 11 is 0. The number of hydrogen-bond donors (Lipinski definition) is 2. The van der Waals surface area contributed by atoms with Crippen LogP contribution in [0.1, 0.15) is 23.2 Å². The molecule has 0 aliphatic carbocycles. The Bertz CT molecular complexity index is 1030. The molecule has 3 aromatic rings. The van der Waals surface area contributed by atoms with Crippen LogP contribution >= 0.6 is 0 Å². The van der Waals surface area contributed by atoms with Gasteiger partial charge in [-0.1, -0.05) is 42.5 Å². The number of benzene rings is 3. The Morgan fingerprint density at radius 1 is 0.906 bits per heavy atom. The maximum atomic E-state index is 12.2. The Morgan fingerprint density at radius 3 is 2.31 bits per heavy atom. The van der Waals surface area contributed by atoms with E-state index >= 15 is 0 Å². The van der Waals surface area contributed by atoms with Crippen molar-refractivity contribution in [2.75, 3.05) is 25.1 Å². The molecule has 4 rings (SSSR count). The Balaban J connectivity index is 1.23. The van der Waals surface area contributed by atoms with Gasteiger partial charge in [-0.05, 0) is 60.4 Å². The van der Waals surface area contributed by atoms with Gasteiger partial charge in [-0.25, -0.2) is 0 Å². The summed E-state index contributed by atoms with van der Waals surface area (Å²) in [7, 11) is 0. The fraction of sp³-hybridized carbons (Fsp3) is 0.231. The quantitative estimate of drug-likeness (QED) is 0.559. The first-order chi connectivity index (χ1) is 15.7. The highest BCUT2D eigenvalue weighted by Gasteiger charge is 2.16. The van der Waals surface area contributed by atoms with Crippen LogP contribution in [0.3, 0.4) is 0 Å². The predicted molar refractivity (Wildman–Crippen MR) is 124 cm³/mol. The lowest BCUT2D eigenvalue weighted by molar-refractivity contribution is -0.118. The van der Waals surface area contributed by atoms with Gasteiger partial charge in [-0.2, -0.15) is 0 Å². The summed E-state index contributed by atoms with van der Waals surface area (Å²) in [5.74, 6) is 0.200. The zero-order chi connectivity index (χ0) is 22.2. The Morgan fingerprint density at radius 2 is 1.62 bits per heavy atom. The van der Waals surface area contributed by atoms with E-state index in [0.717, 1.165) is 30.6 Å². The standard InChI is InChI=1S/C26H26N2O4/c29-25(18-32-23-14-10-20(11-15-23)19-5-2-1-3-6-19)28-22-12-8-21(9-13-22)26(30)27-17-24-7-4-16-31-24/h1-3,5-6,8-15,24H,4,7,16-18H2,(H,27,30)(H,28,29). The number of rotatable bonds is 8. The molecule has 1 saturated heterocycles. The summed E-state index contributed by atoms with van der Waals surface area (Å²) in [5.41, 5.74) is 3.35. The fourth-order valence-corrected chi connectivity index (χ4v) is 3.54. The Labute approximate surface area is 187 Å². The van der Waals surface area contributed by atoms with E-state index in [1.165, 1.54) is 0 Å². The third-order valence-electron chi connectivity index (χ3n) is 5.28. The van der Waals surface area contributed by atoms with Crippen molar-refractivity contribution < 1.29 is 19.1 Å². The van der Waals surface area contributed by atoms with Crippen molar-refractivity contribution >= 4 is 17.5 Å². The average Bonchev–Trinajstić information content (AvgIpc) is 3.36. The molecular formula is C26H26N2O4. The lowest BCUT2D eigenvalue weighted by Crippen LogP contribution is -2.31. The van der Waals surface area contributed by atoms with Crippen molar-refractivity contribution in [2.24, 2.45) is 0 Å². The Hall–Kier alpha value is -3.64. The third kappa shape index (κ3) is 5.95. The normalized spacial score (nSPS) is 15.2. The van der Waals surface area contributed by atoms with Crippen LogP contribution in [0.2, 0.25) is 0 Å². The summed E-state index contributed by atoms with van der Waals surface area (Å²) in [6, 6.07) is 24.5. The van der Waals surface area contributed by atoms with Gasteiger partial charge in [0.2, 0.25) is 0 Å². The molecule has 0 radical (unpaired) electrons. The second kappa shape index (κ2) is 10.6. The maximum absolute atomic E-state index is 12.2. The van der Waals surface area contributed by atoms with Crippen molar-refractivity contribution in [3.63, 3.8) is 0 Å². The molecule has 2 N–H and O–H groups in total. The van der Waals surface area contributed by atoms with Crippen LogP contribution < -0.4 is 15.4 Å². The number of ether oxygens (including phenoxy) is 2. The molecule has 0 bridgehead atoms. The average molecular weight is 431 g/mol. The maximum Gasteiger partial charge on any atom is 0.262 e. The van der Waals surface area contributed by atoms with E-state index in [1.54, 1.807) is 24.3 Å². The van der Waals surface area contributed by atoms with E-state index < -0.39 is 0 Å². The minimum absolute atomic E-state index is 0.103. The van der Waals surface area contributed by atoms with Crippen LogP contribution in [0.15, 0.2) is 78.9 Å². The number of carbonyl (C=O) groups excluding carboxylic acids is 2. The summed E-state index contributed by atoms with van der Waals surface area (Å²) in [6.07, 6.45) is 2.12. The second-order valence-electron chi connectivity index (χ2n) is 7.65. The monoisotopic (exact) mass is 430 g/mol. The van der Waals surface area contributed by atoms with E-state index in [4.69, 9.17) is 9.47 Å². The van der Waals surface area contributed by atoms with E-state index in [0.29, 0.717) is 23.5 Å². The van der Waals surface area contributed by atoms with Crippen LogP contribution in [0.5, 0.6) is 5.75 Å². The molecule has 1 aliphatic rings. The second-order valence-corrected chi connectivity index (χ2v) is 7.65. The Kier molecular flexibility index (Phi) is 7.15. The number of anilines is 1. The molecule has 0 aromatic heterocycles. The van der Waals surface area contributed by atoms with Crippen molar-refractivity contribution in [3.8, 4) is 16.9 Å².